The minimum absolute atomic E-state index is 0.185. The molecule has 0 radical (unpaired) electrons. The Bertz CT molecular complexity index is 1270. The maximum atomic E-state index is 13.7. The molecule has 1 aliphatic heterocycles. The summed E-state index contributed by atoms with van der Waals surface area (Å²) in [7, 11) is 1.66. The zero-order chi connectivity index (χ0) is 22.9. The van der Waals surface area contributed by atoms with Gasteiger partial charge in [0.25, 0.3) is 0 Å². The van der Waals surface area contributed by atoms with Crippen LogP contribution in [0.15, 0.2) is 85.1 Å². The van der Waals surface area contributed by atoms with Gasteiger partial charge in [0.05, 0.1) is 18.8 Å². The molecule has 1 aliphatic rings. The second-order valence-electron chi connectivity index (χ2n) is 7.91. The van der Waals surface area contributed by atoms with Gasteiger partial charge in [-0.05, 0) is 91.9 Å². The number of anilines is 1. The number of hydrogen-bond donors (Lipinski definition) is 1. The van der Waals surface area contributed by atoms with Crippen molar-refractivity contribution >= 4 is 23.0 Å². The van der Waals surface area contributed by atoms with Crippen LogP contribution in [0.25, 0.3) is 5.69 Å². The molecule has 1 saturated heterocycles. The molecule has 166 valence electrons. The number of halogens is 1. The molecular formula is C26H23FN4OS. The number of aryl methyl sites for hydroxylation is 1. The first-order valence-electron chi connectivity index (χ1n) is 10.7. The zero-order valence-corrected chi connectivity index (χ0v) is 19.1. The van der Waals surface area contributed by atoms with Crippen molar-refractivity contribution in [2.75, 3.05) is 12.0 Å². The average Bonchev–Trinajstić information content (AvgIpc) is 3.39. The molecule has 2 aromatic carbocycles. The average molecular weight is 459 g/mol. The third-order valence-electron chi connectivity index (χ3n) is 5.94. The van der Waals surface area contributed by atoms with E-state index in [1.807, 2.05) is 47.4 Å². The summed E-state index contributed by atoms with van der Waals surface area (Å²) in [5.74, 6) is 0.514. The standard InChI is InChI=1S/C26H23FN4OS/c1-17-6-15-23(30(17)19-11-13-21(32-2)14-12-19)25-24(22-5-3-4-16-28-22)29-26(33)31(25)20-9-7-18(27)8-10-20/h3-16,24-25H,1-2H3,(H,29,33). The molecule has 4 aromatic rings. The molecule has 33 heavy (non-hydrogen) atoms. The lowest BCUT2D eigenvalue weighted by Gasteiger charge is -2.29. The molecule has 5 nitrogen and oxygen atoms in total. The fourth-order valence-corrected chi connectivity index (χ4v) is 4.75. The smallest absolute Gasteiger partial charge is 0.174 e. The fraction of sp³-hybridized carbons (Fsp3) is 0.154. The van der Waals surface area contributed by atoms with Crippen LogP contribution in [0.3, 0.4) is 0 Å². The van der Waals surface area contributed by atoms with Crippen molar-refractivity contribution < 1.29 is 9.13 Å². The van der Waals surface area contributed by atoms with E-state index in [4.69, 9.17) is 17.0 Å². The van der Waals surface area contributed by atoms with Crippen molar-refractivity contribution in [1.82, 2.24) is 14.9 Å². The topological polar surface area (TPSA) is 42.3 Å². The van der Waals surface area contributed by atoms with Gasteiger partial charge in [0.2, 0.25) is 0 Å². The Balaban J connectivity index is 1.67. The van der Waals surface area contributed by atoms with Crippen LogP contribution in [-0.4, -0.2) is 21.8 Å². The number of hydrogen-bond acceptors (Lipinski definition) is 3. The molecule has 0 bridgehead atoms. The quantitative estimate of drug-likeness (QED) is 0.400. The molecule has 2 atom stereocenters. The molecule has 7 heteroatoms. The molecule has 1 N–H and O–H groups in total. The number of benzene rings is 2. The van der Waals surface area contributed by atoms with Crippen molar-refractivity contribution in [1.29, 1.82) is 0 Å². The molecule has 0 saturated carbocycles. The first-order chi connectivity index (χ1) is 16.1. The summed E-state index contributed by atoms with van der Waals surface area (Å²) in [6, 6.07) is 24.1. The number of aromatic nitrogens is 2. The SMILES string of the molecule is COc1ccc(-n2c(C)ccc2C2C(c3ccccn3)NC(=S)N2c2ccc(F)cc2)cc1. The fourth-order valence-electron chi connectivity index (χ4n) is 4.41. The summed E-state index contributed by atoms with van der Waals surface area (Å²) in [5.41, 5.74) is 4.86. The lowest BCUT2D eigenvalue weighted by atomic mass is 10.0. The number of thiocarbonyl (C=S) groups is 1. The van der Waals surface area contributed by atoms with Gasteiger partial charge in [-0.1, -0.05) is 6.07 Å². The third-order valence-corrected chi connectivity index (χ3v) is 6.26. The van der Waals surface area contributed by atoms with Crippen molar-refractivity contribution in [3.05, 3.63) is 108 Å². The molecule has 0 amide bonds. The Morgan fingerprint density at radius 3 is 2.33 bits per heavy atom. The number of rotatable bonds is 5. The highest BCUT2D eigenvalue weighted by molar-refractivity contribution is 7.80. The highest BCUT2D eigenvalue weighted by atomic mass is 32.1. The van der Waals surface area contributed by atoms with Crippen LogP contribution < -0.4 is 15.0 Å². The van der Waals surface area contributed by atoms with Crippen LogP contribution in [0.5, 0.6) is 5.75 Å². The summed E-state index contributed by atoms with van der Waals surface area (Å²) in [6.07, 6.45) is 1.78. The van der Waals surface area contributed by atoms with E-state index in [1.165, 1.54) is 12.1 Å². The Morgan fingerprint density at radius 1 is 0.939 bits per heavy atom. The highest BCUT2D eigenvalue weighted by Gasteiger charge is 2.42. The van der Waals surface area contributed by atoms with E-state index in [2.05, 4.69) is 33.9 Å². The number of pyridine rings is 1. The van der Waals surface area contributed by atoms with E-state index in [1.54, 1.807) is 25.4 Å². The Hall–Kier alpha value is -3.71. The Labute approximate surface area is 197 Å². The van der Waals surface area contributed by atoms with Crippen LogP contribution in [0.1, 0.15) is 29.2 Å². The number of ether oxygens (including phenoxy) is 1. The normalized spacial score (nSPS) is 17.8. The Morgan fingerprint density at radius 2 is 1.67 bits per heavy atom. The highest BCUT2D eigenvalue weighted by Crippen LogP contribution is 2.42. The van der Waals surface area contributed by atoms with Gasteiger partial charge in [-0.15, -0.1) is 0 Å². The summed E-state index contributed by atoms with van der Waals surface area (Å²) in [5, 5.41) is 4.03. The third kappa shape index (κ3) is 3.85. The summed E-state index contributed by atoms with van der Waals surface area (Å²) >= 11 is 5.78. The summed E-state index contributed by atoms with van der Waals surface area (Å²) in [4.78, 5) is 6.66. The van der Waals surface area contributed by atoms with E-state index in [9.17, 15) is 4.39 Å². The minimum Gasteiger partial charge on any atom is -0.497 e. The van der Waals surface area contributed by atoms with Crippen LogP contribution >= 0.6 is 12.2 Å². The second-order valence-corrected chi connectivity index (χ2v) is 8.29. The molecule has 1 fully saturated rings. The zero-order valence-electron chi connectivity index (χ0n) is 18.3. The van der Waals surface area contributed by atoms with E-state index in [-0.39, 0.29) is 17.9 Å². The van der Waals surface area contributed by atoms with Crippen LogP contribution in [-0.2, 0) is 0 Å². The largest absolute Gasteiger partial charge is 0.497 e. The number of methoxy groups -OCH3 is 1. The van der Waals surface area contributed by atoms with Crippen LogP contribution in [0.2, 0.25) is 0 Å². The van der Waals surface area contributed by atoms with Gasteiger partial charge in [-0.3, -0.25) is 4.98 Å². The predicted molar refractivity (Wildman–Crippen MR) is 131 cm³/mol. The number of nitrogens with one attached hydrogen (secondary N) is 1. The lowest BCUT2D eigenvalue weighted by molar-refractivity contribution is 0.414. The van der Waals surface area contributed by atoms with Gasteiger partial charge in [0.1, 0.15) is 17.6 Å². The van der Waals surface area contributed by atoms with Crippen molar-refractivity contribution in [3.63, 3.8) is 0 Å². The maximum Gasteiger partial charge on any atom is 0.174 e. The molecule has 0 aliphatic carbocycles. The van der Waals surface area contributed by atoms with E-state index < -0.39 is 0 Å². The van der Waals surface area contributed by atoms with Crippen LogP contribution in [0.4, 0.5) is 10.1 Å². The predicted octanol–water partition coefficient (Wildman–Crippen LogP) is 5.51. The molecule has 3 heterocycles. The van der Waals surface area contributed by atoms with Gasteiger partial charge in [-0.2, -0.15) is 0 Å². The maximum absolute atomic E-state index is 13.7. The second kappa shape index (κ2) is 8.67. The molecule has 0 spiro atoms. The van der Waals surface area contributed by atoms with E-state index in [0.29, 0.717) is 5.11 Å². The number of nitrogens with zero attached hydrogens (tertiary/aromatic N) is 3. The van der Waals surface area contributed by atoms with Gasteiger partial charge < -0.3 is 19.5 Å². The van der Waals surface area contributed by atoms with Crippen molar-refractivity contribution in [3.8, 4) is 11.4 Å². The summed E-state index contributed by atoms with van der Waals surface area (Å²) < 4.78 is 21.2. The van der Waals surface area contributed by atoms with Crippen molar-refractivity contribution in [2.24, 2.45) is 0 Å². The molecule has 2 unspecified atom stereocenters. The van der Waals surface area contributed by atoms with Gasteiger partial charge in [0, 0.05) is 29.0 Å². The molecule has 5 rings (SSSR count). The van der Waals surface area contributed by atoms with Gasteiger partial charge in [-0.25, -0.2) is 4.39 Å². The van der Waals surface area contributed by atoms with E-state index >= 15 is 0 Å². The van der Waals surface area contributed by atoms with Crippen LogP contribution in [0, 0.1) is 12.7 Å². The van der Waals surface area contributed by atoms with Gasteiger partial charge >= 0.3 is 0 Å². The van der Waals surface area contributed by atoms with Crippen molar-refractivity contribution in [2.45, 2.75) is 19.0 Å². The first-order valence-corrected chi connectivity index (χ1v) is 11.1. The molecular weight excluding hydrogens is 435 g/mol. The molecule has 2 aromatic heterocycles. The summed E-state index contributed by atoms with van der Waals surface area (Å²) in [6.45, 7) is 2.08. The minimum atomic E-state index is -0.285. The van der Waals surface area contributed by atoms with E-state index in [0.717, 1.165) is 34.2 Å². The monoisotopic (exact) mass is 458 g/mol. The van der Waals surface area contributed by atoms with Gasteiger partial charge in [0.15, 0.2) is 5.11 Å². The lowest BCUT2D eigenvalue weighted by Crippen LogP contribution is -2.30. The first kappa shape index (κ1) is 21.2. The Kier molecular flexibility index (Phi) is 5.56.